The molecule has 0 fully saturated rings. The standard InChI is InChI=1S/C30H35N3O9/c1-17(27(36)33-24(28(37)40-3)14-9-15-25(34)29(38)41-4)31-26(35)18(2)32-30(39)42-16-23-21-12-7-5-10-19(21)20-11-6-8-13-22(20)23/h5-8,10-13,17-18,23-24H,9,14-16H2,1-4H3,(H,31,35)(H,32,39)(H,33,36)/t17-,18-,24-/m0/s1. The van der Waals surface area contributed by atoms with Crippen LogP contribution in [0, 0.1) is 0 Å². The van der Waals surface area contributed by atoms with Crippen molar-refractivity contribution in [2.75, 3.05) is 20.8 Å². The molecular formula is C30H35N3O9. The number of methoxy groups -OCH3 is 2. The van der Waals surface area contributed by atoms with Gasteiger partial charge < -0.3 is 30.2 Å². The Hall–Kier alpha value is -4.74. The number of fused-ring (bicyclic) bond motifs is 3. The molecule has 0 unspecified atom stereocenters. The van der Waals surface area contributed by atoms with Crippen molar-refractivity contribution >= 4 is 35.6 Å². The van der Waals surface area contributed by atoms with Crippen LogP contribution in [0.1, 0.15) is 50.2 Å². The second-order valence-electron chi connectivity index (χ2n) is 9.81. The molecule has 3 N–H and O–H groups in total. The molecule has 0 saturated heterocycles. The van der Waals surface area contributed by atoms with Gasteiger partial charge in [0, 0.05) is 12.3 Å². The lowest BCUT2D eigenvalue weighted by Gasteiger charge is -2.21. The van der Waals surface area contributed by atoms with Crippen molar-refractivity contribution in [3.8, 4) is 11.1 Å². The lowest BCUT2D eigenvalue weighted by atomic mass is 9.98. The predicted octanol–water partition coefficient (Wildman–Crippen LogP) is 1.99. The first-order valence-corrected chi connectivity index (χ1v) is 13.5. The van der Waals surface area contributed by atoms with Gasteiger partial charge in [-0.3, -0.25) is 14.4 Å². The number of Topliss-reactive ketones (excluding diaryl/α,β-unsaturated/α-hetero) is 1. The third kappa shape index (κ3) is 7.93. The lowest BCUT2D eigenvalue weighted by Crippen LogP contribution is -2.54. The van der Waals surface area contributed by atoms with E-state index in [1.54, 1.807) is 0 Å². The van der Waals surface area contributed by atoms with Crippen molar-refractivity contribution in [3.05, 3.63) is 59.7 Å². The van der Waals surface area contributed by atoms with Crippen LogP contribution in [-0.4, -0.2) is 74.6 Å². The number of nitrogens with one attached hydrogen (secondary N) is 3. The quantitative estimate of drug-likeness (QED) is 0.182. The highest BCUT2D eigenvalue weighted by Gasteiger charge is 2.30. The summed E-state index contributed by atoms with van der Waals surface area (Å²) in [7, 11) is 2.23. The largest absolute Gasteiger partial charge is 0.467 e. The second-order valence-corrected chi connectivity index (χ2v) is 9.81. The molecule has 3 rings (SSSR count). The number of carbonyl (C=O) groups excluding carboxylic acids is 6. The maximum absolute atomic E-state index is 12.7. The number of amides is 3. The summed E-state index contributed by atoms with van der Waals surface area (Å²) in [4.78, 5) is 72.9. The molecule has 12 nitrogen and oxygen atoms in total. The van der Waals surface area contributed by atoms with Crippen LogP contribution in [0.25, 0.3) is 11.1 Å². The third-order valence-corrected chi connectivity index (χ3v) is 6.94. The van der Waals surface area contributed by atoms with Gasteiger partial charge in [-0.25, -0.2) is 14.4 Å². The molecule has 0 spiro atoms. The van der Waals surface area contributed by atoms with E-state index in [1.165, 1.54) is 13.8 Å². The highest BCUT2D eigenvalue weighted by atomic mass is 16.5. The zero-order valence-corrected chi connectivity index (χ0v) is 23.9. The van der Waals surface area contributed by atoms with Gasteiger partial charge in [-0.2, -0.15) is 0 Å². The number of ketones is 1. The number of rotatable bonds is 13. The fourth-order valence-electron chi connectivity index (χ4n) is 4.66. The van der Waals surface area contributed by atoms with E-state index in [0.29, 0.717) is 0 Å². The zero-order chi connectivity index (χ0) is 30.8. The fraction of sp³-hybridized carbons (Fsp3) is 0.400. The van der Waals surface area contributed by atoms with E-state index in [4.69, 9.17) is 9.47 Å². The average molecular weight is 582 g/mol. The van der Waals surface area contributed by atoms with Crippen molar-refractivity contribution < 1.29 is 43.0 Å². The molecule has 2 aromatic carbocycles. The molecule has 0 bridgehead atoms. The molecule has 12 heteroatoms. The van der Waals surface area contributed by atoms with Crippen LogP contribution in [-0.2, 0) is 38.2 Å². The molecule has 0 aromatic heterocycles. The molecule has 3 atom stereocenters. The van der Waals surface area contributed by atoms with E-state index >= 15 is 0 Å². The van der Waals surface area contributed by atoms with E-state index in [9.17, 15) is 28.8 Å². The Bertz CT molecular complexity index is 1300. The zero-order valence-electron chi connectivity index (χ0n) is 23.9. The topological polar surface area (TPSA) is 166 Å². The minimum Gasteiger partial charge on any atom is -0.467 e. The Morgan fingerprint density at radius 3 is 1.88 bits per heavy atom. The number of hydrogen-bond donors (Lipinski definition) is 3. The highest BCUT2D eigenvalue weighted by Crippen LogP contribution is 2.44. The van der Waals surface area contributed by atoms with Crippen LogP contribution in [0.15, 0.2) is 48.5 Å². The van der Waals surface area contributed by atoms with Crippen LogP contribution in [0.4, 0.5) is 4.79 Å². The summed E-state index contributed by atoms with van der Waals surface area (Å²) in [5, 5.41) is 7.42. The highest BCUT2D eigenvalue weighted by molar-refractivity contribution is 6.33. The van der Waals surface area contributed by atoms with E-state index < -0.39 is 53.8 Å². The van der Waals surface area contributed by atoms with Crippen LogP contribution in [0.2, 0.25) is 0 Å². The minimum atomic E-state index is -1.11. The molecule has 3 amide bonds. The summed E-state index contributed by atoms with van der Waals surface area (Å²) < 4.78 is 14.5. The summed E-state index contributed by atoms with van der Waals surface area (Å²) in [6.45, 7) is 2.92. The number of ether oxygens (including phenoxy) is 3. The molecule has 1 aliphatic carbocycles. The third-order valence-electron chi connectivity index (χ3n) is 6.94. The van der Waals surface area contributed by atoms with Crippen molar-refractivity contribution in [1.82, 2.24) is 16.0 Å². The normalized spacial score (nSPS) is 13.8. The van der Waals surface area contributed by atoms with Gasteiger partial charge in [0.05, 0.1) is 14.2 Å². The summed E-state index contributed by atoms with van der Waals surface area (Å²) in [5.74, 6) is -3.98. The first-order valence-electron chi connectivity index (χ1n) is 13.5. The first-order chi connectivity index (χ1) is 20.1. The smallest absolute Gasteiger partial charge is 0.407 e. The maximum Gasteiger partial charge on any atom is 0.407 e. The van der Waals surface area contributed by atoms with Gasteiger partial charge in [0.1, 0.15) is 24.7 Å². The van der Waals surface area contributed by atoms with Gasteiger partial charge in [0.2, 0.25) is 17.6 Å². The van der Waals surface area contributed by atoms with Gasteiger partial charge in [0.15, 0.2) is 0 Å². The fourth-order valence-corrected chi connectivity index (χ4v) is 4.66. The van der Waals surface area contributed by atoms with Crippen LogP contribution in [0.5, 0.6) is 0 Å². The molecule has 224 valence electrons. The Kier molecular flexibility index (Phi) is 11.2. The van der Waals surface area contributed by atoms with Crippen molar-refractivity contribution in [2.45, 2.75) is 57.2 Å². The van der Waals surface area contributed by atoms with Gasteiger partial charge in [-0.1, -0.05) is 48.5 Å². The Morgan fingerprint density at radius 1 is 0.762 bits per heavy atom. The SMILES string of the molecule is COC(=O)C(=O)CCC[C@H](NC(=O)[C@H](C)NC(=O)[C@H](C)NC(=O)OCC1c2ccccc2-c2ccccc21)C(=O)OC. The van der Waals surface area contributed by atoms with Crippen LogP contribution >= 0.6 is 0 Å². The summed E-state index contributed by atoms with van der Waals surface area (Å²) in [5.41, 5.74) is 4.28. The molecular weight excluding hydrogens is 546 g/mol. The van der Waals surface area contributed by atoms with Crippen molar-refractivity contribution in [2.24, 2.45) is 0 Å². The number of alkyl carbamates (subject to hydrolysis) is 1. The second kappa shape index (κ2) is 14.8. The minimum absolute atomic E-state index is 0.0154. The number of benzene rings is 2. The van der Waals surface area contributed by atoms with Crippen LogP contribution in [0.3, 0.4) is 0 Å². The van der Waals surface area contributed by atoms with E-state index in [0.717, 1.165) is 36.5 Å². The summed E-state index contributed by atoms with van der Waals surface area (Å²) in [6, 6.07) is 12.6. The molecule has 1 aliphatic rings. The van der Waals surface area contributed by atoms with Crippen LogP contribution < -0.4 is 16.0 Å². The number of esters is 2. The van der Waals surface area contributed by atoms with Gasteiger partial charge in [-0.05, 0) is 48.9 Å². The first kappa shape index (κ1) is 31.8. The maximum atomic E-state index is 12.7. The molecule has 2 aromatic rings. The van der Waals surface area contributed by atoms with Gasteiger partial charge >= 0.3 is 18.0 Å². The Labute approximate surface area is 243 Å². The van der Waals surface area contributed by atoms with Gasteiger partial charge in [-0.15, -0.1) is 0 Å². The summed E-state index contributed by atoms with van der Waals surface area (Å²) in [6.07, 6.45) is -0.845. The number of hydrogen-bond acceptors (Lipinski definition) is 9. The average Bonchev–Trinajstić information content (AvgIpc) is 3.31. The van der Waals surface area contributed by atoms with E-state index in [1.807, 2.05) is 48.5 Å². The van der Waals surface area contributed by atoms with Crippen molar-refractivity contribution in [3.63, 3.8) is 0 Å². The molecule has 0 heterocycles. The lowest BCUT2D eigenvalue weighted by molar-refractivity contribution is -0.151. The monoisotopic (exact) mass is 581 g/mol. The molecule has 0 aliphatic heterocycles. The Morgan fingerprint density at radius 2 is 1.31 bits per heavy atom. The Balaban J connectivity index is 1.48. The van der Waals surface area contributed by atoms with E-state index in [-0.39, 0.29) is 31.8 Å². The molecule has 42 heavy (non-hydrogen) atoms. The molecule has 0 saturated carbocycles. The summed E-state index contributed by atoms with van der Waals surface area (Å²) >= 11 is 0. The number of carbonyl (C=O) groups is 6. The van der Waals surface area contributed by atoms with Crippen molar-refractivity contribution in [1.29, 1.82) is 0 Å². The van der Waals surface area contributed by atoms with Gasteiger partial charge in [0.25, 0.3) is 0 Å². The van der Waals surface area contributed by atoms with E-state index in [2.05, 4.69) is 20.7 Å². The molecule has 0 radical (unpaired) electrons. The predicted molar refractivity (Wildman–Crippen MR) is 150 cm³/mol.